The Kier molecular flexibility index (Phi) is 1.93. The van der Waals surface area contributed by atoms with E-state index in [1.807, 2.05) is 0 Å². The molecule has 1 aliphatic heterocycles. The molecule has 1 nitrogen and oxygen atoms in total. The zero-order chi connectivity index (χ0) is 11.4. The first-order valence-corrected chi connectivity index (χ1v) is 6.40. The molecule has 1 saturated carbocycles. The minimum absolute atomic E-state index is 0.354. The van der Waals surface area contributed by atoms with Gasteiger partial charge in [0.05, 0.1) is 0 Å². The van der Waals surface area contributed by atoms with Crippen LogP contribution < -0.4 is 0 Å². The average Bonchev–Trinajstić information content (AvgIpc) is 2.57. The Labute approximate surface area is 98.5 Å². The third kappa shape index (κ3) is 0.971. The van der Waals surface area contributed by atoms with Crippen molar-refractivity contribution < 1.29 is 0 Å². The third-order valence-electron chi connectivity index (χ3n) is 5.40. The standard InChI is InChI=1S/C15H21N/c1-14-10-7-11-15(14,2)16(3)13-9-6-4-5-8-12(13)14/h4-6,8H,7,9-11H2,1-3H3. The van der Waals surface area contributed by atoms with E-state index >= 15 is 0 Å². The molecule has 2 aliphatic carbocycles. The van der Waals surface area contributed by atoms with Crippen LogP contribution in [0.5, 0.6) is 0 Å². The van der Waals surface area contributed by atoms with Crippen LogP contribution in [0, 0.1) is 5.41 Å². The summed E-state index contributed by atoms with van der Waals surface area (Å²) in [7, 11) is 2.29. The van der Waals surface area contributed by atoms with Crippen LogP contribution in [0.15, 0.2) is 35.6 Å². The summed E-state index contributed by atoms with van der Waals surface area (Å²) in [5, 5.41) is 0. The Bertz CT molecular complexity index is 415. The number of hydrogen-bond donors (Lipinski definition) is 0. The molecule has 1 heteroatoms. The van der Waals surface area contributed by atoms with Crippen LogP contribution in [0.2, 0.25) is 0 Å². The van der Waals surface area contributed by atoms with E-state index in [1.54, 1.807) is 11.3 Å². The van der Waals surface area contributed by atoms with Crippen molar-refractivity contribution in [3.63, 3.8) is 0 Å². The lowest BCUT2D eigenvalue weighted by atomic mass is 9.71. The number of hydrogen-bond acceptors (Lipinski definition) is 1. The summed E-state index contributed by atoms with van der Waals surface area (Å²) < 4.78 is 0. The molecule has 2 atom stereocenters. The maximum atomic E-state index is 2.56. The Morgan fingerprint density at radius 1 is 1.19 bits per heavy atom. The third-order valence-corrected chi connectivity index (χ3v) is 5.40. The van der Waals surface area contributed by atoms with Gasteiger partial charge in [-0.25, -0.2) is 0 Å². The smallest absolute Gasteiger partial charge is 0.0462 e. The molecule has 0 amide bonds. The second-order valence-electron chi connectivity index (χ2n) is 5.87. The van der Waals surface area contributed by atoms with Gasteiger partial charge in [0.15, 0.2) is 0 Å². The molecule has 0 aromatic rings. The van der Waals surface area contributed by atoms with E-state index in [0.717, 1.165) is 6.42 Å². The normalized spacial score (nSPS) is 41.3. The van der Waals surface area contributed by atoms with Gasteiger partial charge >= 0.3 is 0 Å². The molecule has 16 heavy (non-hydrogen) atoms. The molecule has 0 radical (unpaired) electrons. The van der Waals surface area contributed by atoms with E-state index in [4.69, 9.17) is 0 Å². The first kappa shape index (κ1) is 10.2. The Balaban J connectivity index is 2.16. The molecule has 1 heterocycles. The van der Waals surface area contributed by atoms with Crippen molar-refractivity contribution in [1.29, 1.82) is 0 Å². The molecular weight excluding hydrogens is 194 g/mol. The predicted octanol–water partition coefficient (Wildman–Crippen LogP) is 3.65. The van der Waals surface area contributed by atoms with Crippen LogP contribution in [0.25, 0.3) is 0 Å². The average molecular weight is 215 g/mol. The fourth-order valence-electron chi connectivity index (χ4n) is 4.03. The molecule has 0 aromatic carbocycles. The summed E-state index contributed by atoms with van der Waals surface area (Å²) in [6, 6.07) is 0. The zero-order valence-corrected chi connectivity index (χ0v) is 10.6. The van der Waals surface area contributed by atoms with Gasteiger partial charge in [-0.1, -0.05) is 37.6 Å². The summed E-state index contributed by atoms with van der Waals surface area (Å²) in [6.07, 6.45) is 14.2. The van der Waals surface area contributed by atoms with Crippen molar-refractivity contribution in [2.75, 3.05) is 7.05 Å². The summed E-state index contributed by atoms with van der Waals surface area (Å²) in [6.45, 7) is 4.92. The van der Waals surface area contributed by atoms with Gasteiger partial charge in [0.25, 0.3) is 0 Å². The van der Waals surface area contributed by atoms with Crippen molar-refractivity contribution in [1.82, 2.24) is 4.90 Å². The lowest BCUT2D eigenvalue weighted by Gasteiger charge is -2.42. The molecule has 86 valence electrons. The van der Waals surface area contributed by atoms with Crippen LogP contribution in [-0.4, -0.2) is 17.5 Å². The maximum Gasteiger partial charge on any atom is 0.0462 e. The molecule has 0 bridgehead atoms. The van der Waals surface area contributed by atoms with Gasteiger partial charge in [-0.3, -0.25) is 0 Å². The monoisotopic (exact) mass is 215 g/mol. The highest BCUT2D eigenvalue weighted by Gasteiger charge is 2.57. The summed E-state index contributed by atoms with van der Waals surface area (Å²) in [5.41, 5.74) is 3.88. The lowest BCUT2D eigenvalue weighted by Crippen LogP contribution is -2.46. The van der Waals surface area contributed by atoms with Gasteiger partial charge in [-0.05, 0) is 25.3 Å². The first-order valence-electron chi connectivity index (χ1n) is 6.40. The van der Waals surface area contributed by atoms with E-state index in [-0.39, 0.29) is 0 Å². The summed E-state index contributed by atoms with van der Waals surface area (Å²) in [4.78, 5) is 2.56. The molecule has 3 rings (SSSR count). The first-order chi connectivity index (χ1) is 7.59. The van der Waals surface area contributed by atoms with Crippen molar-refractivity contribution in [3.8, 4) is 0 Å². The minimum atomic E-state index is 0.354. The number of nitrogens with zero attached hydrogens (tertiary/aromatic N) is 1. The molecule has 0 N–H and O–H groups in total. The van der Waals surface area contributed by atoms with Gasteiger partial charge in [-0.2, -0.15) is 0 Å². The fourth-order valence-corrected chi connectivity index (χ4v) is 4.03. The van der Waals surface area contributed by atoms with Crippen molar-refractivity contribution in [2.24, 2.45) is 5.41 Å². The molecule has 1 fully saturated rings. The minimum Gasteiger partial charge on any atom is -0.371 e. The highest BCUT2D eigenvalue weighted by atomic mass is 15.2. The van der Waals surface area contributed by atoms with Crippen LogP contribution in [-0.2, 0) is 0 Å². The largest absolute Gasteiger partial charge is 0.371 e. The molecule has 0 spiro atoms. The van der Waals surface area contributed by atoms with E-state index in [0.29, 0.717) is 11.0 Å². The lowest BCUT2D eigenvalue weighted by molar-refractivity contribution is 0.121. The van der Waals surface area contributed by atoms with E-state index in [9.17, 15) is 0 Å². The molecule has 0 aromatic heterocycles. The van der Waals surface area contributed by atoms with Crippen LogP contribution in [0.4, 0.5) is 0 Å². The van der Waals surface area contributed by atoms with Gasteiger partial charge in [-0.15, -0.1) is 0 Å². The Hall–Kier alpha value is -0.980. The highest BCUT2D eigenvalue weighted by molar-refractivity contribution is 5.45. The molecular formula is C15H21N. The van der Waals surface area contributed by atoms with Crippen molar-refractivity contribution >= 4 is 0 Å². The van der Waals surface area contributed by atoms with Crippen LogP contribution >= 0.6 is 0 Å². The second-order valence-corrected chi connectivity index (χ2v) is 5.87. The van der Waals surface area contributed by atoms with Gasteiger partial charge in [0.2, 0.25) is 0 Å². The molecule has 0 saturated heterocycles. The molecule has 2 unspecified atom stereocenters. The van der Waals surface area contributed by atoms with Gasteiger partial charge in [0.1, 0.15) is 0 Å². The SMILES string of the molecule is CN1C2=C(C=CC=CC2)C2(C)CCCC12C. The fraction of sp³-hybridized carbons (Fsp3) is 0.600. The Morgan fingerprint density at radius 2 is 2.00 bits per heavy atom. The summed E-state index contributed by atoms with van der Waals surface area (Å²) >= 11 is 0. The van der Waals surface area contributed by atoms with Crippen molar-refractivity contribution in [2.45, 2.75) is 45.1 Å². The zero-order valence-electron chi connectivity index (χ0n) is 10.6. The highest BCUT2D eigenvalue weighted by Crippen LogP contribution is 2.60. The topological polar surface area (TPSA) is 3.24 Å². The number of allylic oxidation sites excluding steroid dienone is 4. The number of fused-ring (bicyclic) bond motifs is 2. The van der Waals surface area contributed by atoms with E-state index in [2.05, 4.69) is 50.1 Å². The van der Waals surface area contributed by atoms with E-state index in [1.165, 1.54) is 19.3 Å². The van der Waals surface area contributed by atoms with Gasteiger partial charge < -0.3 is 4.90 Å². The quantitative estimate of drug-likeness (QED) is 0.596. The molecule has 3 aliphatic rings. The Morgan fingerprint density at radius 3 is 2.81 bits per heavy atom. The summed E-state index contributed by atoms with van der Waals surface area (Å²) in [5.74, 6) is 0. The number of rotatable bonds is 0. The maximum absolute atomic E-state index is 2.56. The predicted molar refractivity (Wildman–Crippen MR) is 68.0 cm³/mol. The van der Waals surface area contributed by atoms with Crippen LogP contribution in [0.3, 0.4) is 0 Å². The van der Waals surface area contributed by atoms with Gasteiger partial charge in [0, 0.05) is 30.1 Å². The van der Waals surface area contributed by atoms with Crippen molar-refractivity contribution in [3.05, 3.63) is 35.6 Å². The van der Waals surface area contributed by atoms with Crippen LogP contribution in [0.1, 0.15) is 39.5 Å². The van der Waals surface area contributed by atoms with E-state index < -0.39 is 0 Å². The second kappa shape index (κ2) is 3.03.